The predicted molar refractivity (Wildman–Crippen MR) is 81.6 cm³/mol. The minimum Gasteiger partial charge on any atom is -0.324 e. The van der Waals surface area contributed by atoms with Crippen molar-refractivity contribution < 1.29 is 12.8 Å². The topological polar surface area (TPSA) is 60.2 Å². The third kappa shape index (κ3) is 3.40. The molecule has 6 heteroatoms. The zero-order valence-corrected chi connectivity index (χ0v) is 13.8. The van der Waals surface area contributed by atoms with Gasteiger partial charge in [0.2, 0.25) is 0 Å². The molecule has 1 fully saturated rings. The molecule has 0 saturated heterocycles. The molecule has 2 N–H and O–H groups in total. The smallest absolute Gasteiger partial charge is 0.150 e. The lowest BCUT2D eigenvalue weighted by molar-refractivity contribution is 0.304. The summed E-state index contributed by atoms with van der Waals surface area (Å²) in [7, 11) is -3.05. The number of hydrogen-bond donors (Lipinski definition) is 1. The van der Waals surface area contributed by atoms with E-state index in [0.29, 0.717) is 22.9 Å². The van der Waals surface area contributed by atoms with E-state index in [1.54, 1.807) is 18.2 Å². The molecule has 0 heterocycles. The Kier molecular flexibility index (Phi) is 4.87. The van der Waals surface area contributed by atoms with Gasteiger partial charge in [0.1, 0.15) is 15.7 Å². The summed E-state index contributed by atoms with van der Waals surface area (Å²) in [5.41, 5.74) is 6.65. The molecule has 112 valence electrons. The fraction of sp³-hybridized carbons (Fsp3) is 0.571. The lowest BCUT2D eigenvalue weighted by Crippen LogP contribution is -2.33. The van der Waals surface area contributed by atoms with Crippen molar-refractivity contribution in [1.82, 2.24) is 0 Å². The Morgan fingerprint density at radius 2 is 2.10 bits per heavy atom. The van der Waals surface area contributed by atoms with Crippen molar-refractivity contribution in [2.24, 2.45) is 11.7 Å². The zero-order valence-electron chi connectivity index (χ0n) is 11.4. The van der Waals surface area contributed by atoms with Crippen LogP contribution in [0.25, 0.3) is 0 Å². The predicted octanol–water partition coefficient (Wildman–Crippen LogP) is 3.19. The van der Waals surface area contributed by atoms with Crippen molar-refractivity contribution in [2.75, 3.05) is 6.26 Å². The summed E-state index contributed by atoms with van der Waals surface area (Å²) in [6.45, 7) is 0. The van der Waals surface area contributed by atoms with E-state index in [0.717, 1.165) is 12.8 Å². The molecule has 3 atom stereocenters. The number of nitrogens with two attached hydrogens (primary N) is 1. The van der Waals surface area contributed by atoms with Crippen LogP contribution in [0.2, 0.25) is 0 Å². The lowest BCUT2D eigenvalue weighted by Gasteiger charge is -2.32. The van der Waals surface area contributed by atoms with Gasteiger partial charge in [0.25, 0.3) is 0 Å². The van der Waals surface area contributed by atoms with Gasteiger partial charge < -0.3 is 5.73 Å². The fourth-order valence-corrected chi connectivity index (χ4v) is 4.50. The van der Waals surface area contributed by atoms with Crippen LogP contribution in [-0.4, -0.2) is 19.9 Å². The van der Waals surface area contributed by atoms with Gasteiger partial charge in [-0.2, -0.15) is 0 Å². The summed E-state index contributed by atoms with van der Waals surface area (Å²) >= 11 is 3.16. The van der Waals surface area contributed by atoms with Crippen molar-refractivity contribution >= 4 is 25.8 Å². The minimum absolute atomic E-state index is 0.00674. The molecule has 0 aliphatic heterocycles. The molecule has 0 aromatic heterocycles. The van der Waals surface area contributed by atoms with Crippen LogP contribution in [0.15, 0.2) is 22.7 Å². The SMILES string of the molecule is CS(=O)(=O)C1CCCC(C(N)c2cccc(Br)c2F)C1. The summed E-state index contributed by atoms with van der Waals surface area (Å²) < 4.78 is 37.9. The van der Waals surface area contributed by atoms with Crippen LogP contribution >= 0.6 is 15.9 Å². The Hall–Kier alpha value is -0.460. The van der Waals surface area contributed by atoms with Gasteiger partial charge in [0.05, 0.1) is 9.72 Å². The van der Waals surface area contributed by atoms with E-state index in [1.807, 2.05) is 0 Å². The lowest BCUT2D eigenvalue weighted by atomic mass is 9.81. The van der Waals surface area contributed by atoms with E-state index < -0.39 is 15.9 Å². The van der Waals surface area contributed by atoms with Crippen LogP contribution in [0.1, 0.15) is 37.3 Å². The average molecular weight is 364 g/mol. The first-order chi connectivity index (χ1) is 9.30. The molecule has 1 saturated carbocycles. The minimum atomic E-state index is -3.05. The second-order valence-electron chi connectivity index (χ2n) is 5.55. The first-order valence-corrected chi connectivity index (χ1v) is 9.44. The van der Waals surface area contributed by atoms with E-state index >= 15 is 0 Å². The maximum absolute atomic E-state index is 14.1. The van der Waals surface area contributed by atoms with Gasteiger partial charge in [-0.05, 0) is 47.2 Å². The Balaban J connectivity index is 2.21. The second kappa shape index (κ2) is 6.12. The van der Waals surface area contributed by atoms with Gasteiger partial charge in [-0.3, -0.25) is 0 Å². The molecular formula is C14H19BrFNO2S. The highest BCUT2D eigenvalue weighted by Gasteiger charge is 2.33. The van der Waals surface area contributed by atoms with Crippen LogP contribution in [0.3, 0.4) is 0 Å². The second-order valence-corrected chi connectivity index (χ2v) is 8.73. The molecule has 0 bridgehead atoms. The summed E-state index contributed by atoms with van der Waals surface area (Å²) in [4.78, 5) is 0. The Labute approximate surface area is 127 Å². The van der Waals surface area contributed by atoms with E-state index in [4.69, 9.17) is 5.73 Å². The van der Waals surface area contributed by atoms with E-state index in [-0.39, 0.29) is 17.0 Å². The van der Waals surface area contributed by atoms with Gasteiger partial charge >= 0.3 is 0 Å². The molecule has 3 nitrogen and oxygen atoms in total. The van der Waals surface area contributed by atoms with E-state index in [1.165, 1.54) is 6.26 Å². The number of benzene rings is 1. The first-order valence-electron chi connectivity index (χ1n) is 6.69. The van der Waals surface area contributed by atoms with E-state index in [2.05, 4.69) is 15.9 Å². The molecule has 1 aromatic rings. The maximum Gasteiger partial charge on any atom is 0.150 e. The number of halogens is 2. The highest BCUT2D eigenvalue weighted by Crippen LogP contribution is 2.37. The standard InChI is InChI=1S/C14H19BrFNO2S/c1-20(18,19)10-5-2-4-9(8-10)14(17)11-6-3-7-12(15)13(11)16/h3,6-7,9-10,14H,2,4-5,8,17H2,1H3. The van der Waals surface area contributed by atoms with Gasteiger partial charge in [0, 0.05) is 17.9 Å². The number of sulfone groups is 1. The number of hydrogen-bond acceptors (Lipinski definition) is 3. The molecule has 0 amide bonds. The van der Waals surface area contributed by atoms with Crippen molar-refractivity contribution in [3.8, 4) is 0 Å². The highest BCUT2D eigenvalue weighted by atomic mass is 79.9. The summed E-state index contributed by atoms with van der Waals surface area (Å²) in [6, 6.07) is 4.59. The summed E-state index contributed by atoms with van der Waals surface area (Å²) in [6.07, 6.45) is 4.14. The molecule has 3 unspecified atom stereocenters. The normalized spacial score (nSPS) is 25.4. The molecule has 1 aromatic carbocycles. The molecule has 20 heavy (non-hydrogen) atoms. The quantitative estimate of drug-likeness (QED) is 0.896. The largest absolute Gasteiger partial charge is 0.324 e. The molecule has 1 aliphatic rings. The molecule has 0 spiro atoms. The van der Waals surface area contributed by atoms with Crippen LogP contribution in [-0.2, 0) is 9.84 Å². The molecule has 2 rings (SSSR count). The van der Waals surface area contributed by atoms with Gasteiger partial charge in [-0.25, -0.2) is 12.8 Å². The first kappa shape index (κ1) is 15.9. The van der Waals surface area contributed by atoms with Crippen molar-refractivity contribution in [3.63, 3.8) is 0 Å². The van der Waals surface area contributed by atoms with Gasteiger partial charge in [-0.15, -0.1) is 0 Å². The summed E-state index contributed by atoms with van der Waals surface area (Å²) in [5, 5.41) is -0.345. The van der Waals surface area contributed by atoms with Crippen molar-refractivity contribution in [1.29, 1.82) is 0 Å². The average Bonchev–Trinajstić information content (AvgIpc) is 2.40. The monoisotopic (exact) mass is 363 g/mol. The highest BCUT2D eigenvalue weighted by molar-refractivity contribution is 9.10. The third-order valence-corrected chi connectivity index (χ3v) is 6.37. The Bertz CT molecular complexity index is 591. The van der Waals surface area contributed by atoms with Crippen LogP contribution in [0.5, 0.6) is 0 Å². The number of rotatable bonds is 3. The zero-order chi connectivity index (χ0) is 14.9. The Morgan fingerprint density at radius 3 is 2.75 bits per heavy atom. The maximum atomic E-state index is 14.1. The fourth-order valence-electron chi connectivity index (χ4n) is 2.93. The van der Waals surface area contributed by atoms with E-state index in [9.17, 15) is 12.8 Å². The van der Waals surface area contributed by atoms with Gasteiger partial charge in [-0.1, -0.05) is 18.6 Å². The van der Waals surface area contributed by atoms with Crippen molar-refractivity contribution in [2.45, 2.75) is 37.0 Å². The third-order valence-electron chi connectivity index (χ3n) is 4.12. The summed E-state index contributed by atoms with van der Waals surface area (Å²) in [5.74, 6) is -0.339. The molecule has 0 radical (unpaired) electrons. The van der Waals surface area contributed by atoms with Crippen LogP contribution in [0.4, 0.5) is 4.39 Å². The van der Waals surface area contributed by atoms with Crippen LogP contribution in [0, 0.1) is 11.7 Å². The van der Waals surface area contributed by atoms with Crippen LogP contribution < -0.4 is 5.73 Å². The van der Waals surface area contributed by atoms with Crippen molar-refractivity contribution in [3.05, 3.63) is 34.1 Å². The molecule has 1 aliphatic carbocycles. The molecular weight excluding hydrogens is 345 g/mol. The Morgan fingerprint density at radius 1 is 1.40 bits per heavy atom. The van der Waals surface area contributed by atoms with Gasteiger partial charge in [0.15, 0.2) is 0 Å².